The Morgan fingerprint density at radius 1 is 1.55 bits per heavy atom. The third-order valence-electron chi connectivity index (χ3n) is 4.11. The number of thiazole rings is 1. The second-order valence-electron chi connectivity index (χ2n) is 5.75. The van der Waals surface area contributed by atoms with E-state index in [0.717, 1.165) is 35.9 Å². The van der Waals surface area contributed by atoms with Gasteiger partial charge in [0, 0.05) is 36.3 Å². The number of likely N-dealkylation sites (tertiary alicyclic amines) is 1. The van der Waals surface area contributed by atoms with E-state index in [9.17, 15) is 4.79 Å². The molecular formula is C14H20N4OS. The summed E-state index contributed by atoms with van der Waals surface area (Å²) in [5.74, 6) is 0.576. The van der Waals surface area contributed by atoms with E-state index in [4.69, 9.17) is 5.73 Å². The monoisotopic (exact) mass is 292 g/mol. The molecule has 2 aromatic heterocycles. The number of nitrogens with two attached hydrogens (primary N) is 1. The van der Waals surface area contributed by atoms with Gasteiger partial charge in [0.25, 0.3) is 5.56 Å². The molecule has 2 aromatic rings. The average Bonchev–Trinajstić information content (AvgIpc) is 2.76. The van der Waals surface area contributed by atoms with Crippen molar-refractivity contribution in [3.63, 3.8) is 0 Å². The first kappa shape index (κ1) is 13.7. The number of aryl methyl sites for hydroxylation is 1. The van der Waals surface area contributed by atoms with Crippen LogP contribution in [0.15, 0.2) is 16.2 Å². The molecule has 0 amide bonds. The van der Waals surface area contributed by atoms with Crippen molar-refractivity contribution >= 4 is 16.3 Å². The quantitative estimate of drug-likeness (QED) is 0.904. The summed E-state index contributed by atoms with van der Waals surface area (Å²) in [6, 6.07) is 1.87. The van der Waals surface area contributed by atoms with Crippen LogP contribution >= 0.6 is 11.3 Å². The Morgan fingerprint density at radius 3 is 3.10 bits per heavy atom. The predicted octanol–water partition coefficient (Wildman–Crippen LogP) is 1.23. The molecule has 108 valence electrons. The maximum Gasteiger partial charge on any atom is 0.259 e. The van der Waals surface area contributed by atoms with Gasteiger partial charge in [-0.15, -0.1) is 11.3 Å². The lowest BCUT2D eigenvalue weighted by atomic mass is 9.94. The largest absolute Gasteiger partial charge is 0.326 e. The Morgan fingerprint density at radius 2 is 2.35 bits per heavy atom. The van der Waals surface area contributed by atoms with E-state index in [1.165, 1.54) is 11.3 Å². The molecule has 1 aliphatic heterocycles. The van der Waals surface area contributed by atoms with Crippen LogP contribution in [0.1, 0.15) is 24.7 Å². The Hall–Kier alpha value is -1.24. The zero-order valence-corrected chi connectivity index (χ0v) is 12.7. The number of fused-ring (bicyclic) bond motifs is 1. The summed E-state index contributed by atoms with van der Waals surface area (Å²) in [6.07, 6.45) is 1.11. The molecule has 0 radical (unpaired) electrons. The number of rotatable bonds is 2. The molecule has 3 heterocycles. The topological polar surface area (TPSA) is 63.6 Å². The molecule has 3 rings (SSSR count). The molecule has 1 saturated heterocycles. The molecular weight excluding hydrogens is 272 g/mol. The van der Waals surface area contributed by atoms with Crippen molar-refractivity contribution in [2.24, 2.45) is 11.7 Å². The number of hydrogen-bond acceptors (Lipinski definition) is 5. The summed E-state index contributed by atoms with van der Waals surface area (Å²) >= 11 is 1.51. The summed E-state index contributed by atoms with van der Waals surface area (Å²) in [6.45, 7) is 6.75. The lowest BCUT2D eigenvalue weighted by Crippen LogP contribution is -2.47. The number of piperidine rings is 1. The number of hydrogen-bond donors (Lipinski definition) is 1. The highest BCUT2D eigenvalue weighted by atomic mass is 32.1. The molecule has 2 unspecified atom stereocenters. The molecule has 1 aliphatic rings. The fraction of sp³-hybridized carbons (Fsp3) is 0.571. The second-order valence-corrected chi connectivity index (χ2v) is 6.58. The molecule has 5 nitrogen and oxygen atoms in total. The van der Waals surface area contributed by atoms with Gasteiger partial charge in [0.05, 0.1) is 5.69 Å². The van der Waals surface area contributed by atoms with Gasteiger partial charge in [0.1, 0.15) is 0 Å². The zero-order chi connectivity index (χ0) is 14.3. The second kappa shape index (κ2) is 5.27. The van der Waals surface area contributed by atoms with Crippen molar-refractivity contribution in [1.29, 1.82) is 0 Å². The molecule has 0 saturated carbocycles. The van der Waals surface area contributed by atoms with Crippen molar-refractivity contribution < 1.29 is 0 Å². The van der Waals surface area contributed by atoms with E-state index >= 15 is 0 Å². The SMILES string of the molecule is Cc1csc2nc(CN3CCC(C)C(N)C3)cc(=O)n12. The predicted molar refractivity (Wildman–Crippen MR) is 81.1 cm³/mol. The van der Waals surface area contributed by atoms with Gasteiger partial charge in [-0.25, -0.2) is 4.98 Å². The molecule has 6 heteroatoms. The lowest BCUT2D eigenvalue weighted by molar-refractivity contribution is 0.160. The molecule has 0 bridgehead atoms. The van der Waals surface area contributed by atoms with E-state index in [1.54, 1.807) is 10.5 Å². The van der Waals surface area contributed by atoms with Crippen LogP contribution in [-0.4, -0.2) is 33.4 Å². The van der Waals surface area contributed by atoms with Crippen molar-refractivity contribution in [2.45, 2.75) is 32.9 Å². The Labute approximate surface area is 122 Å². The molecule has 2 atom stereocenters. The van der Waals surface area contributed by atoms with Crippen LogP contribution in [-0.2, 0) is 6.54 Å². The first-order valence-corrected chi connectivity index (χ1v) is 7.87. The minimum Gasteiger partial charge on any atom is -0.326 e. The van der Waals surface area contributed by atoms with Gasteiger partial charge in [-0.3, -0.25) is 14.1 Å². The fourth-order valence-electron chi connectivity index (χ4n) is 2.72. The highest BCUT2D eigenvalue weighted by Gasteiger charge is 2.23. The number of aromatic nitrogens is 2. The van der Waals surface area contributed by atoms with Crippen LogP contribution in [0, 0.1) is 12.8 Å². The molecule has 0 spiro atoms. The van der Waals surface area contributed by atoms with Crippen LogP contribution < -0.4 is 11.3 Å². The van der Waals surface area contributed by atoms with Crippen molar-refractivity contribution in [2.75, 3.05) is 13.1 Å². The Bertz CT molecular complexity index is 677. The molecule has 1 fully saturated rings. The summed E-state index contributed by atoms with van der Waals surface area (Å²) in [5, 5.41) is 1.96. The van der Waals surface area contributed by atoms with Gasteiger partial charge >= 0.3 is 0 Å². The summed E-state index contributed by atoms with van der Waals surface area (Å²) in [5.41, 5.74) is 7.93. The molecule has 0 aromatic carbocycles. The van der Waals surface area contributed by atoms with Crippen LogP contribution in [0.4, 0.5) is 0 Å². The highest BCUT2D eigenvalue weighted by Crippen LogP contribution is 2.18. The van der Waals surface area contributed by atoms with Gasteiger partial charge in [-0.05, 0) is 25.8 Å². The van der Waals surface area contributed by atoms with Crippen LogP contribution in [0.25, 0.3) is 4.96 Å². The molecule has 2 N–H and O–H groups in total. The average molecular weight is 292 g/mol. The first-order valence-electron chi connectivity index (χ1n) is 6.99. The summed E-state index contributed by atoms with van der Waals surface area (Å²) in [4.78, 5) is 19.8. The van der Waals surface area contributed by atoms with Gasteiger partial charge in [0.2, 0.25) is 0 Å². The zero-order valence-electron chi connectivity index (χ0n) is 11.9. The maximum atomic E-state index is 12.1. The fourth-order valence-corrected chi connectivity index (χ4v) is 3.61. The Kier molecular flexibility index (Phi) is 3.62. The van der Waals surface area contributed by atoms with Crippen LogP contribution in [0.5, 0.6) is 0 Å². The van der Waals surface area contributed by atoms with Gasteiger partial charge in [-0.2, -0.15) is 0 Å². The number of nitrogens with zero attached hydrogens (tertiary/aromatic N) is 3. The maximum absolute atomic E-state index is 12.1. The smallest absolute Gasteiger partial charge is 0.259 e. The van der Waals surface area contributed by atoms with Gasteiger partial charge in [-0.1, -0.05) is 6.92 Å². The van der Waals surface area contributed by atoms with Crippen LogP contribution in [0.3, 0.4) is 0 Å². The van der Waals surface area contributed by atoms with Crippen molar-refractivity contribution in [3.05, 3.63) is 33.2 Å². The normalized spacial score (nSPS) is 24.4. The Balaban J connectivity index is 1.83. The molecule has 0 aliphatic carbocycles. The van der Waals surface area contributed by atoms with Crippen LogP contribution in [0.2, 0.25) is 0 Å². The van der Waals surface area contributed by atoms with E-state index < -0.39 is 0 Å². The van der Waals surface area contributed by atoms with Crippen molar-refractivity contribution in [1.82, 2.24) is 14.3 Å². The minimum absolute atomic E-state index is 0.0124. The summed E-state index contributed by atoms with van der Waals surface area (Å²) in [7, 11) is 0. The minimum atomic E-state index is 0.0124. The van der Waals surface area contributed by atoms with E-state index in [1.807, 2.05) is 12.3 Å². The molecule has 20 heavy (non-hydrogen) atoms. The lowest BCUT2D eigenvalue weighted by Gasteiger charge is -2.34. The first-order chi connectivity index (χ1) is 9.54. The van der Waals surface area contributed by atoms with Crippen molar-refractivity contribution in [3.8, 4) is 0 Å². The standard InChI is InChI=1S/C14H20N4OS/c1-9-3-4-17(7-12(9)15)6-11-5-13(19)18-10(2)8-20-14(18)16-11/h5,8-9,12H,3-4,6-7,15H2,1-2H3. The third kappa shape index (κ3) is 2.51. The van der Waals surface area contributed by atoms with E-state index in [-0.39, 0.29) is 11.6 Å². The van der Waals surface area contributed by atoms with Gasteiger partial charge in [0.15, 0.2) is 4.96 Å². The van der Waals surface area contributed by atoms with E-state index in [0.29, 0.717) is 12.5 Å². The van der Waals surface area contributed by atoms with Gasteiger partial charge < -0.3 is 5.73 Å². The van der Waals surface area contributed by atoms with E-state index in [2.05, 4.69) is 16.8 Å². The summed E-state index contributed by atoms with van der Waals surface area (Å²) < 4.78 is 1.66. The third-order valence-corrected chi connectivity index (χ3v) is 5.06. The highest BCUT2D eigenvalue weighted by molar-refractivity contribution is 7.15.